The molecule has 1 fully saturated rings. The first-order valence-electron chi connectivity index (χ1n) is 10.00. The number of aliphatic hydroxyl groups is 1. The average molecular weight is 397 g/mol. The molecule has 0 aliphatic carbocycles. The van der Waals surface area contributed by atoms with Crippen molar-refractivity contribution in [3.8, 4) is 5.75 Å². The second-order valence-electron chi connectivity index (χ2n) is 7.27. The van der Waals surface area contributed by atoms with Gasteiger partial charge in [-0.15, -0.1) is 0 Å². The highest BCUT2D eigenvalue weighted by Gasteiger charge is 2.21. The van der Waals surface area contributed by atoms with Gasteiger partial charge in [-0.25, -0.2) is 0 Å². The lowest BCUT2D eigenvalue weighted by Crippen LogP contribution is -2.47. The number of nitrogens with zero attached hydrogens (tertiary/aromatic N) is 2. The number of fused-ring (bicyclic) bond motifs is 2. The van der Waals surface area contributed by atoms with Gasteiger partial charge in [-0.3, -0.25) is 4.90 Å². The molecule has 0 bridgehead atoms. The number of benzene rings is 2. The van der Waals surface area contributed by atoms with Gasteiger partial charge in [-0.2, -0.15) is 0 Å². The molecule has 0 unspecified atom stereocenters. The maximum Gasteiger partial charge on any atom is 0.119 e. The molecule has 28 heavy (non-hydrogen) atoms. The number of aliphatic hydroxyl groups excluding tert-OH is 1. The van der Waals surface area contributed by atoms with Crippen molar-refractivity contribution in [2.24, 2.45) is 0 Å². The molecular weight excluding hydrogens is 368 g/mol. The molecule has 2 aliphatic rings. The molecular formula is C23H28N2O2S. The molecule has 4 rings (SSSR count). The third-order valence-corrected chi connectivity index (χ3v) is 6.70. The molecule has 0 amide bonds. The van der Waals surface area contributed by atoms with E-state index in [0.717, 1.165) is 51.4 Å². The lowest BCUT2D eigenvalue weighted by Gasteiger charge is -2.34. The van der Waals surface area contributed by atoms with Crippen LogP contribution in [0.1, 0.15) is 17.5 Å². The second kappa shape index (κ2) is 9.14. The van der Waals surface area contributed by atoms with Gasteiger partial charge in [-0.1, -0.05) is 36.0 Å². The normalized spacial score (nSPS) is 18.7. The first-order valence-corrected chi connectivity index (χ1v) is 10.8. The number of β-amino-alcohol motifs (C(OH)–C–C–N with tert-alkyl or cyclic N) is 1. The van der Waals surface area contributed by atoms with Crippen LogP contribution in [0.5, 0.6) is 5.75 Å². The Morgan fingerprint density at radius 3 is 2.43 bits per heavy atom. The summed E-state index contributed by atoms with van der Waals surface area (Å²) in [7, 11) is 1.73. The van der Waals surface area contributed by atoms with Crippen LogP contribution in [-0.2, 0) is 0 Å². The third-order valence-electron chi connectivity index (χ3n) is 5.55. The summed E-state index contributed by atoms with van der Waals surface area (Å²) in [5, 5.41) is 9.09. The van der Waals surface area contributed by atoms with Crippen molar-refractivity contribution < 1.29 is 9.84 Å². The fourth-order valence-electron chi connectivity index (χ4n) is 3.97. The Morgan fingerprint density at radius 2 is 1.68 bits per heavy atom. The van der Waals surface area contributed by atoms with Crippen molar-refractivity contribution >= 4 is 17.3 Å². The van der Waals surface area contributed by atoms with E-state index in [1.807, 2.05) is 17.8 Å². The Hall–Kier alpha value is -1.79. The molecule has 0 atom stereocenters. The first kappa shape index (κ1) is 19.5. The smallest absolute Gasteiger partial charge is 0.119 e. The van der Waals surface area contributed by atoms with Gasteiger partial charge in [0.2, 0.25) is 0 Å². The summed E-state index contributed by atoms with van der Waals surface area (Å²) in [4.78, 5) is 7.49. The number of ether oxygens (including phenoxy) is 1. The Bertz CT molecular complexity index is 844. The van der Waals surface area contributed by atoms with E-state index in [0.29, 0.717) is 0 Å². The lowest BCUT2D eigenvalue weighted by atomic mass is 9.95. The largest absolute Gasteiger partial charge is 0.497 e. The summed E-state index contributed by atoms with van der Waals surface area (Å²) in [6, 6.07) is 15.1. The maximum atomic E-state index is 9.09. The van der Waals surface area contributed by atoms with Gasteiger partial charge in [0.1, 0.15) is 5.75 Å². The van der Waals surface area contributed by atoms with Gasteiger partial charge in [0, 0.05) is 49.1 Å². The monoisotopic (exact) mass is 396 g/mol. The molecule has 148 valence electrons. The van der Waals surface area contributed by atoms with Crippen molar-refractivity contribution in [2.75, 3.05) is 53.0 Å². The fourth-order valence-corrected chi connectivity index (χ4v) is 5.05. The average Bonchev–Trinajstić information content (AvgIpc) is 2.74. The van der Waals surface area contributed by atoms with Gasteiger partial charge in [-0.05, 0) is 47.4 Å². The first-order chi connectivity index (χ1) is 13.8. The topological polar surface area (TPSA) is 35.9 Å². The van der Waals surface area contributed by atoms with Crippen LogP contribution in [0.4, 0.5) is 0 Å². The van der Waals surface area contributed by atoms with Gasteiger partial charge < -0.3 is 14.7 Å². The van der Waals surface area contributed by atoms with Crippen LogP contribution >= 0.6 is 11.8 Å². The molecule has 0 spiro atoms. The zero-order valence-corrected chi connectivity index (χ0v) is 17.3. The van der Waals surface area contributed by atoms with Crippen molar-refractivity contribution in [2.45, 2.75) is 16.2 Å². The van der Waals surface area contributed by atoms with Crippen LogP contribution in [0, 0.1) is 0 Å². The molecule has 1 N–H and O–H groups in total. The molecule has 2 heterocycles. The zero-order chi connectivity index (χ0) is 19.3. The van der Waals surface area contributed by atoms with Gasteiger partial charge in [0.05, 0.1) is 13.7 Å². The van der Waals surface area contributed by atoms with Gasteiger partial charge in [0.15, 0.2) is 0 Å². The summed E-state index contributed by atoms with van der Waals surface area (Å²) < 4.78 is 5.48. The van der Waals surface area contributed by atoms with E-state index in [1.165, 1.54) is 26.5 Å². The molecule has 5 heteroatoms. The minimum absolute atomic E-state index is 0.256. The lowest BCUT2D eigenvalue weighted by molar-refractivity contribution is 0.114. The van der Waals surface area contributed by atoms with Crippen molar-refractivity contribution in [1.29, 1.82) is 0 Å². The van der Waals surface area contributed by atoms with Crippen LogP contribution in [0.15, 0.2) is 58.3 Å². The highest BCUT2D eigenvalue weighted by Crippen LogP contribution is 2.46. The molecule has 0 radical (unpaired) electrons. The van der Waals surface area contributed by atoms with E-state index in [9.17, 15) is 0 Å². The molecule has 4 nitrogen and oxygen atoms in total. The summed E-state index contributed by atoms with van der Waals surface area (Å²) in [5.41, 5.74) is 3.92. The van der Waals surface area contributed by atoms with Gasteiger partial charge >= 0.3 is 0 Å². The van der Waals surface area contributed by atoms with Crippen molar-refractivity contribution in [1.82, 2.24) is 9.80 Å². The van der Waals surface area contributed by atoms with Crippen LogP contribution in [0.2, 0.25) is 0 Å². The molecule has 0 aromatic heterocycles. The van der Waals surface area contributed by atoms with Crippen molar-refractivity contribution in [3.05, 3.63) is 59.7 Å². The van der Waals surface area contributed by atoms with E-state index in [2.05, 4.69) is 52.3 Å². The standard InChI is InChI=1S/C23H28N2O2S/c1-27-18-8-9-23-21(17-18)19(20-5-2-3-7-22(20)28-23)6-4-10-24-11-13-25(14-12-24)15-16-26/h2-3,5-9,17,26H,4,10-16H2,1H3/b19-6+. The Labute approximate surface area is 171 Å². The summed E-state index contributed by atoms with van der Waals surface area (Å²) in [6.45, 7) is 6.40. The Balaban J connectivity index is 1.50. The zero-order valence-electron chi connectivity index (χ0n) is 16.4. The number of hydrogen-bond acceptors (Lipinski definition) is 5. The molecule has 2 aromatic carbocycles. The highest BCUT2D eigenvalue weighted by molar-refractivity contribution is 7.99. The molecule has 2 aliphatic heterocycles. The van der Waals surface area contributed by atoms with Crippen LogP contribution in [-0.4, -0.2) is 67.9 Å². The maximum absolute atomic E-state index is 9.09. The second-order valence-corrected chi connectivity index (χ2v) is 8.36. The third kappa shape index (κ3) is 4.28. The van der Waals surface area contributed by atoms with E-state index in [-0.39, 0.29) is 6.61 Å². The highest BCUT2D eigenvalue weighted by atomic mass is 32.2. The SMILES string of the molecule is COc1ccc2c(c1)/C(=C/CCN1CCN(CCO)CC1)c1ccccc1S2. The Morgan fingerprint density at radius 1 is 0.964 bits per heavy atom. The number of piperazine rings is 1. The van der Waals surface area contributed by atoms with Crippen LogP contribution in [0.3, 0.4) is 0 Å². The van der Waals surface area contributed by atoms with E-state index >= 15 is 0 Å². The van der Waals surface area contributed by atoms with Crippen LogP contribution < -0.4 is 4.74 Å². The van der Waals surface area contributed by atoms with Gasteiger partial charge in [0.25, 0.3) is 0 Å². The molecule has 1 saturated heterocycles. The predicted octanol–water partition coefficient (Wildman–Crippen LogP) is 3.59. The number of hydrogen-bond donors (Lipinski definition) is 1. The molecule has 2 aromatic rings. The molecule has 0 saturated carbocycles. The Kier molecular flexibility index (Phi) is 6.37. The fraction of sp³-hybridized carbons (Fsp3) is 0.391. The van der Waals surface area contributed by atoms with E-state index < -0.39 is 0 Å². The van der Waals surface area contributed by atoms with E-state index in [4.69, 9.17) is 9.84 Å². The van der Waals surface area contributed by atoms with Crippen molar-refractivity contribution in [3.63, 3.8) is 0 Å². The summed E-state index contributed by atoms with van der Waals surface area (Å²) in [5.74, 6) is 0.907. The quantitative estimate of drug-likeness (QED) is 0.689. The number of methoxy groups -OCH3 is 1. The predicted molar refractivity (Wildman–Crippen MR) is 115 cm³/mol. The van der Waals surface area contributed by atoms with Crippen LogP contribution in [0.25, 0.3) is 5.57 Å². The summed E-state index contributed by atoms with van der Waals surface area (Å²) in [6.07, 6.45) is 3.43. The summed E-state index contributed by atoms with van der Waals surface area (Å²) >= 11 is 1.84. The van der Waals surface area contributed by atoms with E-state index in [1.54, 1.807) is 7.11 Å². The number of rotatable bonds is 6. The minimum Gasteiger partial charge on any atom is -0.497 e. The minimum atomic E-state index is 0.256.